The zero-order valence-corrected chi connectivity index (χ0v) is 20.8. The highest BCUT2D eigenvalue weighted by molar-refractivity contribution is 7.88. The molecular formula is C24H31N3O3S2. The number of nitrogens with zero attached hydrogens (tertiary/aromatic N) is 3. The molecule has 0 aliphatic carbocycles. The van der Waals surface area contributed by atoms with Crippen molar-refractivity contribution in [2.75, 3.05) is 39.5 Å². The second-order valence-electron chi connectivity index (χ2n) is 8.69. The summed E-state index contributed by atoms with van der Waals surface area (Å²) >= 11 is 1.79. The van der Waals surface area contributed by atoms with E-state index in [0.717, 1.165) is 42.2 Å². The number of hydrogen-bond acceptors (Lipinski definition) is 6. The molecular weight excluding hydrogens is 442 g/mol. The van der Waals surface area contributed by atoms with Gasteiger partial charge in [0.2, 0.25) is 10.0 Å². The van der Waals surface area contributed by atoms with Crippen LogP contribution in [0.3, 0.4) is 0 Å². The van der Waals surface area contributed by atoms with Gasteiger partial charge in [-0.25, -0.2) is 8.42 Å². The summed E-state index contributed by atoms with van der Waals surface area (Å²) in [5, 5.41) is 0. The molecule has 1 fully saturated rings. The molecule has 8 heteroatoms. The lowest BCUT2D eigenvalue weighted by molar-refractivity contribution is 0.183. The van der Waals surface area contributed by atoms with Gasteiger partial charge in [0.1, 0.15) is 5.75 Å². The summed E-state index contributed by atoms with van der Waals surface area (Å²) < 4.78 is 31.0. The summed E-state index contributed by atoms with van der Waals surface area (Å²) in [5.74, 6) is 0.868. The summed E-state index contributed by atoms with van der Waals surface area (Å²) in [6.07, 6.45) is 3.55. The molecule has 4 rings (SSSR count). The van der Waals surface area contributed by atoms with Crippen molar-refractivity contribution in [1.82, 2.24) is 14.1 Å². The van der Waals surface area contributed by atoms with Crippen LogP contribution >= 0.6 is 11.3 Å². The van der Waals surface area contributed by atoms with Gasteiger partial charge in [-0.3, -0.25) is 4.90 Å². The molecule has 0 bridgehead atoms. The van der Waals surface area contributed by atoms with Crippen LogP contribution in [0.4, 0.5) is 0 Å². The Morgan fingerprint density at radius 3 is 2.53 bits per heavy atom. The number of piperazine rings is 1. The summed E-state index contributed by atoms with van der Waals surface area (Å²) in [7, 11) is -1.08. The van der Waals surface area contributed by atoms with Crippen LogP contribution in [0.15, 0.2) is 43.1 Å². The fraction of sp³-hybridized carbons (Fsp3) is 0.417. The first-order chi connectivity index (χ1) is 15.1. The summed E-state index contributed by atoms with van der Waals surface area (Å²) in [6.45, 7) is 11.8. The Morgan fingerprint density at radius 1 is 1.16 bits per heavy atom. The number of fused-ring (bicyclic) bond motifs is 1. The largest absolute Gasteiger partial charge is 0.491 e. The SMILES string of the molecule is C=C1c2cc(CN3CCN(S(C)(=O)=O)CC3)sc2C(c2cccc(OC(C)C)c2)=CN1C. The third kappa shape index (κ3) is 4.93. The van der Waals surface area contributed by atoms with Crippen LogP contribution in [0.5, 0.6) is 5.75 Å². The molecule has 3 heterocycles. The van der Waals surface area contributed by atoms with Crippen LogP contribution in [0.2, 0.25) is 0 Å². The lowest BCUT2D eigenvalue weighted by Crippen LogP contribution is -2.47. The van der Waals surface area contributed by atoms with Crippen LogP contribution in [-0.4, -0.2) is 68.1 Å². The highest BCUT2D eigenvalue weighted by atomic mass is 32.2. The fourth-order valence-electron chi connectivity index (χ4n) is 4.11. The Kier molecular flexibility index (Phi) is 6.49. The van der Waals surface area contributed by atoms with Crippen LogP contribution in [-0.2, 0) is 16.6 Å². The molecule has 32 heavy (non-hydrogen) atoms. The maximum absolute atomic E-state index is 11.8. The zero-order chi connectivity index (χ0) is 23.0. The monoisotopic (exact) mass is 473 g/mol. The molecule has 172 valence electrons. The second kappa shape index (κ2) is 9.02. The van der Waals surface area contributed by atoms with E-state index in [0.29, 0.717) is 13.1 Å². The van der Waals surface area contributed by atoms with Crippen molar-refractivity contribution in [2.45, 2.75) is 26.5 Å². The average Bonchev–Trinajstić information content (AvgIpc) is 3.14. The minimum absolute atomic E-state index is 0.125. The molecule has 2 aliphatic rings. The first-order valence-corrected chi connectivity index (χ1v) is 13.5. The van der Waals surface area contributed by atoms with Crippen LogP contribution < -0.4 is 4.74 Å². The van der Waals surface area contributed by atoms with E-state index < -0.39 is 10.0 Å². The van der Waals surface area contributed by atoms with Gasteiger partial charge in [-0.15, -0.1) is 11.3 Å². The molecule has 0 unspecified atom stereocenters. The van der Waals surface area contributed by atoms with E-state index in [4.69, 9.17) is 4.74 Å². The maximum Gasteiger partial charge on any atom is 0.211 e. The lowest BCUT2D eigenvalue weighted by atomic mass is 9.97. The van der Waals surface area contributed by atoms with Crippen molar-refractivity contribution in [3.05, 3.63) is 64.0 Å². The van der Waals surface area contributed by atoms with Gasteiger partial charge in [-0.2, -0.15) is 4.31 Å². The van der Waals surface area contributed by atoms with Gasteiger partial charge in [0.05, 0.1) is 12.4 Å². The van der Waals surface area contributed by atoms with Crippen LogP contribution in [0.25, 0.3) is 11.3 Å². The van der Waals surface area contributed by atoms with Gasteiger partial charge >= 0.3 is 0 Å². The van der Waals surface area contributed by atoms with Crippen molar-refractivity contribution < 1.29 is 13.2 Å². The number of benzene rings is 1. The number of thiophene rings is 1. The Bertz CT molecular complexity index is 1140. The molecule has 0 saturated carbocycles. The summed E-state index contributed by atoms with van der Waals surface area (Å²) in [5.41, 5.74) is 4.44. The first-order valence-electron chi connectivity index (χ1n) is 10.8. The molecule has 0 spiro atoms. The Labute approximate surface area is 195 Å². The van der Waals surface area contributed by atoms with Crippen molar-refractivity contribution in [3.8, 4) is 5.75 Å². The minimum Gasteiger partial charge on any atom is -0.491 e. The van der Waals surface area contributed by atoms with Gasteiger partial charge in [0.15, 0.2) is 0 Å². The van der Waals surface area contributed by atoms with E-state index in [1.54, 1.807) is 15.6 Å². The highest BCUT2D eigenvalue weighted by Gasteiger charge is 2.26. The molecule has 0 radical (unpaired) electrons. The van der Waals surface area contributed by atoms with Gasteiger partial charge in [0, 0.05) is 72.6 Å². The molecule has 1 aromatic carbocycles. The van der Waals surface area contributed by atoms with E-state index in [1.807, 2.05) is 33.0 Å². The Balaban J connectivity index is 1.57. The standard InChI is InChI=1S/C24H31N3O3S2/c1-17(2)30-20-8-6-7-19(13-20)23-16-25(4)18(3)22-14-21(31-24(22)23)15-26-9-11-27(12-10-26)32(5,28)29/h6-8,13-14,16-17H,3,9-12,15H2,1-2,4-5H3. The molecule has 0 N–H and O–H groups in total. The molecule has 2 aromatic rings. The predicted molar refractivity (Wildman–Crippen MR) is 132 cm³/mol. The van der Waals surface area contributed by atoms with Gasteiger partial charge in [-0.05, 0) is 37.6 Å². The normalized spacial score (nSPS) is 18.1. The molecule has 1 aromatic heterocycles. The van der Waals surface area contributed by atoms with Crippen molar-refractivity contribution in [2.24, 2.45) is 0 Å². The first kappa shape index (κ1) is 23.0. The predicted octanol–water partition coefficient (Wildman–Crippen LogP) is 3.92. The Morgan fingerprint density at radius 2 is 1.88 bits per heavy atom. The van der Waals surface area contributed by atoms with E-state index >= 15 is 0 Å². The van der Waals surface area contributed by atoms with E-state index in [9.17, 15) is 8.42 Å². The number of hydrogen-bond donors (Lipinski definition) is 0. The topological polar surface area (TPSA) is 53.1 Å². The Hall–Kier alpha value is -2.13. The van der Waals surface area contributed by atoms with Gasteiger partial charge in [-0.1, -0.05) is 18.7 Å². The third-order valence-electron chi connectivity index (χ3n) is 5.78. The second-order valence-corrected chi connectivity index (χ2v) is 11.8. The zero-order valence-electron chi connectivity index (χ0n) is 19.2. The molecule has 6 nitrogen and oxygen atoms in total. The smallest absolute Gasteiger partial charge is 0.211 e. The molecule has 0 atom stereocenters. The quantitative estimate of drug-likeness (QED) is 0.637. The number of sulfonamides is 1. The summed E-state index contributed by atoms with van der Waals surface area (Å²) in [4.78, 5) is 6.89. The van der Waals surface area contributed by atoms with E-state index in [2.05, 4.69) is 40.8 Å². The number of rotatable bonds is 6. The average molecular weight is 474 g/mol. The van der Waals surface area contributed by atoms with E-state index in [-0.39, 0.29) is 6.10 Å². The van der Waals surface area contributed by atoms with Crippen LogP contribution in [0, 0.1) is 0 Å². The fourth-order valence-corrected chi connectivity index (χ4v) is 6.19. The van der Waals surface area contributed by atoms with Crippen molar-refractivity contribution >= 4 is 32.6 Å². The maximum atomic E-state index is 11.8. The molecule has 1 saturated heterocycles. The number of ether oxygens (including phenoxy) is 1. The van der Waals surface area contributed by atoms with Crippen LogP contribution in [0.1, 0.15) is 34.7 Å². The highest BCUT2D eigenvalue weighted by Crippen LogP contribution is 2.42. The lowest BCUT2D eigenvalue weighted by Gasteiger charge is -2.32. The minimum atomic E-state index is -3.11. The van der Waals surface area contributed by atoms with Gasteiger partial charge in [0.25, 0.3) is 0 Å². The molecule has 2 aliphatic heterocycles. The molecule has 0 amide bonds. The van der Waals surface area contributed by atoms with E-state index in [1.165, 1.54) is 21.6 Å². The summed E-state index contributed by atoms with van der Waals surface area (Å²) in [6, 6.07) is 10.5. The van der Waals surface area contributed by atoms with Gasteiger partial charge < -0.3 is 9.64 Å². The van der Waals surface area contributed by atoms with Crippen molar-refractivity contribution in [1.29, 1.82) is 0 Å². The third-order valence-corrected chi connectivity index (χ3v) is 8.24. The van der Waals surface area contributed by atoms with Crippen molar-refractivity contribution in [3.63, 3.8) is 0 Å².